The third-order valence-electron chi connectivity index (χ3n) is 6.36. The van der Waals surface area contributed by atoms with Crippen LogP contribution in [0, 0.1) is 6.92 Å². The molecule has 2 aromatic carbocycles. The average molecular weight is 501 g/mol. The molecule has 0 bridgehead atoms. The van der Waals surface area contributed by atoms with Gasteiger partial charge in [-0.05, 0) is 80.8 Å². The second-order valence-electron chi connectivity index (χ2n) is 9.56. The van der Waals surface area contributed by atoms with Crippen molar-refractivity contribution in [3.63, 3.8) is 0 Å². The molecule has 0 aliphatic heterocycles. The summed E-state index contributed by atoms with van der Waals surface area (Å²) in [5.41, 5.74) is 5.46. The molecule has 5 heteroatoms. The van der Waals surface area contributed by atoms with Gasteiger partial charge in [-0.1, -0.05) is 66.0 Å². The van der Waals surface area contributed by atoms with Crippen molar-refractivity contribution in [3.8, 4) is 11.1 Å². The summed E-state index contributed by atoms with van der Waals surface area (Å²) in [6, 6.07) is 13.0. The average Bonchev–Trinajstić information content (AvgIpc) is 2.97. The number of benzene rings is 2. The van der Waals surface area contributed by atoms with Gasteiger partial charge < -0.3 is 9.47 Å². The summed E-state index contributed by atoms with van der Waals surface area (Å²) < 4.78 is 11.7. The lowest BCUT2D eigenvalue weighted by atomic mass is 9.76. The lowest BCUT2D eigenvalue weighted by Crippen LogP contribution is -2.33. The third kappa shape index (κ3) is 5.25. The predicted octanol–water partition coefficient (Wildman–Crippen LogP) is 6.88. The van der Waals surface area contributed by atoms with Crippen molar-refractivity contribution in [3.05, 3.63) is 57.6 Å². The van der Waals surface area contributed by atoms with Crippen LogP contribution in [0.1, 0.15) is 76.5 Å². The highest BCUT2D eigenvalue weighted by Gasteiger charge is 2.39. The fourth-order valence-corrected chi connectivity index (χ4v) is 4.93. The molecule has 0 saturated heterocycles. The Morgan fingerprint density at radius 3 is 2.34 bits per heavy atom. The molecule has 1 aliphatic carbocycles. The molecule has 2 aromatic rings. The van der Waals surface area contributed by atoms with Crippen molar-refractivity contribution in [2.45, 2.75) is 77.7 Å². The standard InChI is InChI=1S/C27H33BrO4/c1-6-7-13-26(3,4)32-25(30)24(29)31-15-8-14-27(5)22-16-18(2)9-11-20(22)21-12-10-19(28)17-23(21)27/h9-12,16-17H,6-8,13-15H2,1-5H3. The molecule has 32 heavy (non-hydrogen) atoms. The summed E-state index contributed by atoms with van der Waals surface area (Å²) in [7, 11) is 0. The molecule has 172 valence electrons. The monoisotopic (exact) mass is 500 g/mol. The minimum absolute atomic E-state index is 0.184. The van der Waals surface area contributed by atoms with Crippen LogP contribution in [0.5, 0.6) is 0 Å². The molecular formula is C27H33BrO4. The number of hydrogen-bond donors (Lipinski definition) is 0. The van der Waals surface area contributed by atoms with Gasteiger partial charge in [0.15, 0.2) is 0 Å². The fourth-order valence-electron chi connectivity index (χ4n) is 4.57. The fraction of sp³-hybridized carbons (Fsp3) is 0.481. The van der Waals surface area contributed by atoms with Gasteiger partial charge in [-0.3, -0.25) is 0 Å². The van der Waals surface area contributed by atoms with Crippen molar-refractivity contribution in [1.29, 1.82) is 0 Å². The number of aryl methyl sites for hydroxylation is 1. The summed E-state index contributed by atoms with van der Waals surface area (Å²) >= 11 is 3.61. The molecular weight excluding hydrogens is 468 g/mol. The first kappa shape index (κ1) is 24.5. The zero-order chi connectivity index (χ0) is 23.5. The Balaban J connectivity index is 1.64. The highest BCUT2D eigenvalue weighted by Crippen LogP contribution is 2.51. The molecule has 0 heterocycles. The number of carbonyl (C=O) groups is 2. The minimum atomic E-state index is -0.912. The maximum absolute atomic E-state index is 12.2. The Bertz CT molecular complexity index is 957. The van der Waals surface area contributed by atoms with Crippen LogP contribution in [-0.2, 0) is 24.5 Å². The number of carbonyl (C=O) groups excluding carboxylic acids is 2. The number of hydrogen-bond acceptors (Lipinski definition) is 4. The van der Waals surface area contributed by atoms with Gasteiger partial charge >= 0.3 is 11.9 Å². The van der Waals surface area contributed by atoms with E-state index in [-0.39, 0.29) is 12.0 Å². The molecule has 0 N–H and O–H groups in total. The van der Waals surface area contributed by atoms with Gasteiger partial charge in [0.05, 0.1) is 6.61 Å². The van der Waals surface area contributed by atoms with Crippen LogP contribution in [0.2, 0.25) is 0 Å². The second kappa shape index (κ2) is 9.78. The lowest BCUT2D eigenvalue weighted by Gasteiger charge is -2.28. The lowest BCUT2D eigenvalue weighted by molar-refractivity contribution is -0.176. The van der Waals surface area contributed by atoms with Gasteiger partial charge in [-0.2, -0.15) is 0 Å². The minimum Gasteiger partial charge on any atom is -0.457 e. The zero-order valence-electron chi connectivity index (χ0n) is 19.7. The summed E-state index contributed by atoms with van der Waals surface area (Å²) in [6.45, 7) is 10.3. The normalized spacial score (nSPS) is 16.9. The van der Waals surface area contributed by atoms with E-state index in [1.54, 1.807) is 0 Å². The van der Waals surface area contributed by atoms with E-state index in [2.05, 4.69) is 73.1 Å². The number of ether oxygens (including phenoxy) is 2. The molecule has 0 radical (unpaired) electrons. The van der Waals surface area contributed by atoms with E-state index in [1.807, 2.05) is 13.8 Å². The van der Waals surface area contributed by atoms with Crippen LogP contribution >= 0.6 is 15.9 Å². The maximum Gasteiger partial charge on any atom is 0.418 e. The molecule has 4 nitrogen and oxygen atoms in total. The van der Waals surface area contributed by atoms with E-state index in [9.17, 15) is 9.59 Å². The van der Waals surface area contributed by atoms with E-state index in [4.69, 9.17) is 9.47 Å². The van der Waals surface area contributed by atoms with Crippen molar-refractivity contribution >= 4 is 27.9 Å². The van der Waals surface area contributed by atoms with Crippen LogP contribution in [0.4, 0.5) is 0 Å². The van der Waals surface area contributed by atoms with Gasteiger partial charge in [-0.15, -0.1) is 0 Å². The quantitative estimate of drug-likeness (QED) is 0.225. The Labute approximate surface area is 199 Å². The summed E-state index contributed by atoms with van der Waals surface area (Å²) in [5, 5.41) is 0. The number of halogens is 1. The van der Waals surface area contributed by atoms with Crippen molar-refractivity contribution in [1.82, 2.24) is 0 Å². The van der Waals surface area contributed by atoms with Gasteiger partial charge in [0.25, 0.3) is 0 Å². The van der Waals surface area contributed by atoms with E-state index in [0.717, 1.165) is 23.7 Å². The molecule has 3 rings (SSSR count). The van der Waals surface area contributed by atoms with Gasteiger partial charge in [-0.25, -0.2) is 9.59 Å². The highest BCUT2D eigenvalue weighted by atomic mass is 79.9. The van der Waals surface area contributed by atoms with E-state index >= 15 is 0 Å². The molecule has 0 saturated carbocycles. The van der Waals surface area contributed by atoms with Gasteiger partial charge in [0.1, 0.15) is 5.60 Å². The first-order chi connectivity index (χ1) is 15.1. The van der Waals surface area contributed by atoms with Crippen LogP contribution in [0.3, 0.4) is 0 Å². The highest BCUT2D eigenvalue weighted by molar-refractivity contribution is 9.10. The number of fused-ring (bicyclic) bond motifs is 3. The molecule has 0 amide bonds. The molecule has 1 atom stereocenters. The SMILES string of the molecule is CCCCC(C)(C)OC(=O)C(=O)OCCCC1(C)c2cc(C)ccc2-c2ccc(Br)cc21. The van der Waals surface area contributed by atoms with Crippen LogP contribution in [-0.4, -0.2) is 24.1 Å². The van der Waals surface area contributed by atoms with Crippen LogP contribution in [0.25, 0.3) is 11.1 Å². The van der Waals surface area contributed by atoms with Crippen LogP contribution in [0.15, 0.2) is 40.9 Å². The van der Waals surface area contributed by atoms with Crippen molar-refractivity contribution < 1.29 is 19.1 Å². The van der Waals surface area contributed by atoms with Crippen LogP contribution < -0.4 is 0 Å². The van der Waals surface area contributed by atoms with Crippen molar-refractivity contribution in [2.24, 2.45) is 0 Å². The van der Waals surface area contributed by atoms with E-state index in [0.29, 0.717) is 12.8 Å². The number of esters is 2. The summed E-state index contributed by atoms with van der Waals surface area (Å²) in [6.07, 6.45) is 4.11. The second-order valence-corrected chi connectivity index (χ2v) is 10.5. The first-order valence-electron chi connectivity index (χ1n) is 11.4. The predicted molar refractivity (Wildman–Crippen MR) is 131 cm³/mol. The van der Waals surface area contributed by atoms with E-state index in [1.165, 1.54) is 27.8 Å². The Hall–Kier alpha value is -2.14. The molecule has 1 unspecified atom stereocenters. The van der Waals surface area contributed by atoms with Gasteiger partial charge in [0.2, 0.25) is 0 Å². The Morgan fingerprint density at radius 2 is 1.66 bits per heavy atom. The Morgan fingerprint density at radius 1 is 1.00 bits per heavy atom. The third-order valence-corrected chi connectivity index (χ3v) is 6.85. The number of unbranched alkanes of at least 4 members (excludes halogenated alkanes) is 1. The molecule has 0 aromatic heterocycles. The molecule has 1 aliphatic rings. The largest absolute Gasteiger partial charge is 0.457 e. The zero-order valence-corrected chi connectivity index (χ0v) is 21.3. The first-order valence-corrected chi connectivity index (χ1v) is 12.2. The molecule has 0 spiro atoms. The van der Waals surface area contributed by atoms with E-state index < -0.39 is 17.5 Å². The smallest absolute Gasteiger partial charge is 0.418 e. The number of rotatable bonds is 8. The maximum atomic E-state index is 12.2. The summed E-state index contributed by atoms with van der Waals surface area (Å²) in [4.78, 5) is 24.3. The van der Waals surface area contributed by atoms with Crippen molar-refractivity contribution in [2.75, 3.05) is 6.61 Å². The Kier molecular flexibility index (Phi) is 7.49. The summed E-state index contributed by atoms with van der Waals surface area (Å²) in [5.74, 6) is -1.82. The molecule has 0 fully saturated rings. The topological polar surface area (TPSA) is 52.6 Å². The van der Waals surface area contributed by atoms with Gasteiger partial charge in [0, 0.05) is 9.89 Å².